The van der Waals surface area contributed by atoms with Crippen LogP contribution in [0.1, 0.15) is 21.7 Å². The van der Waals surface area contributed by atoms with Gasteiger partial charge in [-0.1, -0.05) is 0 Å². The highest BCUT2D eigenvalue weighted by Gasteiger charge is 2.25. The summed E-state index contributed by atoms with van der Waals surface area (Å²) in [6.45, 7) is 5.63. The summed E-state index contributed by atoms with van der Waals surface area (Å²) in [7, 11) is 1.99. The fourth-order valence-electron chi connectivity index (χ4n) is 2.13. The molecule has 0 aromatic carbocycles. The summed E-state index contributed by atoms with van der Waals surface area (Å²) in [4.78, 5) is 17.9. The van der Waals surface area contributed by atoms with Gasteiger partial charge in [0.2, 0.25) is 0 Å². The van der Waals surface area contributed by atoms with Crippen molar-refractivity contribution >= 4 is 11.6 Å². The molecule has 5 nitrogen and oxygen atoms in total. The first-order chi connectivity index (χ1) is 8.00. The molecule has 5 heteroatoms. The maximum atomic E-state index is 11.5. The number of anilines is 1. The highest BCUT2D eigenvalue weighted by atomic mass is 16.1. The molecule has 3 N–H and O–H groups in total. The molecule has 1 saturated heterocycles. The second kappa shape index (κ2) is 4.33. The minimum absolute atomic E-state index is 0.413. The Hall–Kier alpha value is -1.62. The lowest BCUT2D eigenvalue weighted by molar-refractivity contribution is 0.0999. The van der Waals surface area contributed by atoms with E-state index in [2.05, 4.69) is 15.2 Å². The van der Waals surface area contributed by atoms with Crippen LogP contribution in [0.15, 0.2) is 6.07 Å². The van der Waals surface area contributed by atoms with Crippen molar-refractivity contribution < 1.29 is 4.79 Å². The van der Waals surface area contributed by atoms with Crippen LogP contribution in [-0.2, 0) is 0 Å². The summed E-state index contributed by atoms with van der Waals surface area (Å²) in [5.41, 5.74) is 8.46. The number of likely N-dealkylation sites (N-methyl/N-ethyl adjacent to an activating group) is 1. The van der Waals surface area contributed by atoms with Crippen molar-refractivity contribution in [1.29, 1.82) is 0 Å². The van der Waals surface area contributed by atoms with Crippen molar-refractivity contribution in [3.8, 4) is 0 Å². The summed E-state index contributed by atoms with van der Waals surface area (Å²) in [6.07, 6.45) is 0. The zero-order valence-electron chi connectivity index (χ0n) is 10.4. The fraction of sp³-hybridized carbons (Fsp3) is 0.500. The van der Waals surface area contributed by atoms with Crippen molar-refractivity contribution in [2.75, 3.05) is 25.0 Å². The molecule has 0 aliphatic carbocycles. The normalized spacial score (nSPS) is 15.5. The number of hydrogen-bond acceptors (Lipinski definition) is 4. The molecule has 0 atom stereocenters. The first-order valence-electron chi connectivity index (χ1n) is 5.72. The van der Waals surface area contributed by atoms with Gasteiger partial charge in [0.1, 0.15) is 0 Å². The van der Waals surface area contributed by atoms with E-state index in [0.29, 0.717) is 17.3 Å². The molecule has 1 aromatic rings. The van der Waals surface area contributed by atoms with Gasteiger partial charge in [0.15, 0.2) is 0 Å². The Kier molecular flexibility index (Phi) is 3.02. The SMILES string of the molecule is Cc1cc(N(C)C2CNC2)c(C(N)=O)c(C)n1. The van der Waals surface area contributed by atoms with Gasteiger partial charge in [-0.05, 0) is 19.9 Å². The standard InChI is InChI=1S/C12H18N4O/c1-7-4-10(16(3)9-5-14-6-9)11(12(13)17)8(2)15-7/h4,9,14H,5-6H2,1-3H3,(H2,13,17). The largest absolute Gasteiger partial charge is 0.368 e. The third-order valence-electron chi connectivity index (χ3n) is 3.24. The van der Waals surface area contributed by atoms with Crippen LogP contribution in [-0.4, -0.2) is 37.1 Å². The number of rotatable bonds is 3. The van der Waals surface area contributed by atoms with Gasteiger partial charge in [-0.2, -0.15) is 0 Å². The number of amides is 1. The predicted molar refractivity (Wildman–Crippen MR) is 67.3 cm³/mol. The Morgan fingerprint density at radius 3 is 2.65 bits per heavy atom. The number of pyridine rings is 1. The Morgan fingerprint density at radius 2 is 2.18 bits per heavy atom. The zero-order valence-corrected chi connectivity index (χ0v) is 10.4. The molecule has 0 spiro atoms. The molecule has 1 amide bonds. The van der Waals surface area contributed by atoms with Gasteiger partial charge in [-0.15, -0.1) is 0 Å². The monoisotopic (exact) mass is 234 g/mol. The number of nitrogens with zero attached hydrogens (tertiary/aromatic N) is 2. The highest BCUT2D eigenvalue weighted by molar-refractivity contribution is 5.99. The van der Waals surface area contributed by atoms with Gasteiger partial charge >= 0.3 is 0 Å². The maximum absolute atomic E-state index is 11.5. The van der Waals surface area contributed by atoms with E-state index in [9.17, 15) is 4.79 Å². The van der Waals surface area contributed by atoms with E-state index in [1.807, 2.05) is 27.0 Å². The first-order valence-corrected chi connectivity index (χ1v) is 5.72. The molecule has 0 bridgehead atoms. The topological polar surface area (TPSA) is 71.2 Å². The first kappa shape index (κ1) is 11.9. The second-order valence-electron chi connectivity index (χ2n) is 4.53. The van der Waals surface area contributed by atoms with Crippen molar-refractivity contribution in [2.24, 2.45) is 5.73 Å². The summed E-state index contributed by atoms with van der Waals surface area (Å²) in [5, 5.41) is 3.22. The van der Waals surface area contributed by atoms with E-state index >= 15 is 0 Å². The molecule has 1 fully saturated rings. The fourth-order valence-corrected chi connectivity index (χ4v) is 2.13. The molecule has 2 rings (SSSR count). The number of nitrogens with one attached hydrogen (secondary N) is 1. The molecular formula is C12H18N4O. The number of carbonyl (C=O) groups is 1. The summed E-state index contributed by atoms with van der Waals surface area (Å²) in [5.74, 6) is -0.413. The minimum atomic E-state index is -0.413. The lowest BCUT2D eigenvalue weighted by Gasteiger charge is -2.38. The van der Waals surface area contributed by atoms with Crippen LogP contribution in [0.2, 0.25) is 0 Å². The summed E-state index contributed by atoms with van der Waals surface area (Å²) < 4.78 is 0. The number of aryl methyl sites for hydroxylation is 2. The smallest absolute Gasteiger partial charge is 0.252 e. The van der Waals surface area contributed by atoms with Gasteiger partial charge in [-0.3, -0.25) is 9.78 Å². The molecule has 0 saturated carbocycles. The van der Waals surface area contributed by atoms with Crippen LogP contribution in [0.4, 0.5) is 5.69 Å². The van der Waals surface area contributed by atoms with Gasteiger partial charge in [-0.25, -0.2) is 0 Å². The van der Waals surface area contributed by atoms with Crippen molar-refractivity contribution in [1.82, 2.24) is 10.3 Å². The second-order valence-corrected chi connectivity index (χ2v) is 4.53. The lowest BCUT2D eigenvalue weighted by Crippen LogP contribution is -2.56. The van der Waals surface area contributed by atoms with Crippen LogP contribution in [0.5, 0.6) is 0 Å². The van der Waals surface area contributed by atoms with Crippen molar-refractivity contribution in [3.63, 3.8) is 0 Å². The Morgan fingerprint density at radius 1 is 1.53 bits per heavy atom. The average Bonchev–Trinajstić information content (AvgIpc) is 2.12. The molecular weight excluding hydrogens is 216 g/mol. The van der Waals surface area contributed by atoms with E-state index in [-0.39, 0.29) is 0 Å². The minimum Gasteiger partial charge on any atom is -0.368 e. The van der Waals surface area contributed by atoms with E-state index < -0.39 is 5.91 Å². The van der Waals surface area contributed by atoms with Gasteiger partial charge in [0.05, 0.1) is 23.0 Å². The van der Waals surface area contributed by atoms with E-state index in [4.69, 9.17) is 5.73 Å². The molecule has 92 valence electrons. The van der Waals surface area contributed by atoms with Crippen LogP contribution in [0.3, 0.4) is 0 Å². The number of nitrogens with two attached hydrogens (primary N) is 1. The van der Waals surface area contributed by atoms with E-state index in [0.717, 1.165) is 24.5 Å². The third kappa shape index (κ3) is 2.10. The van der Waals surface area contributed by atoms with Gasteiger partial charge in [0.25, 0.3) is 5.91 Å². The molecule has 0 radical (unpaired) electrons. The summed E-state index contributed by atoms with van der Waals surface area (Å²) >= 11 is 0. The number of carbonyl (C=O) groups excluding carboxylic acids is 1. The third-order valence-corrected chi connectivity index (χ3v) is 3.24. The Labute approximate surface area is 101 Å². The average molecular weight is 234 g/mol. The van der Waals surface area contributed by atoms with Crippen LogP contribution >= 0.6 is 0 Å². The van der Waals surface area contributed by atoms with Crippen molar-refractivity contribution in [2.45, 2.75) is 19.9 Å². The van der Waals surface area contributed by atoms with E-state index in [1.165, 1.54) is 0 Å². The van der Waals surface area contributed by atoms with Crippen LogP contribution in [0, 0.1) is 13.8 Å². The van der Waals surface area contributed by atoms with Crippen LogP contribution < -0.4 is 16.0 Å². The zero-order chi connectivity index (χ0) is 12.6. The molecule has 0 unspecified atom stereocenters. The Balaban J connectivity index is 2.46. The molecule has 2 heterocycles. The summed E-state index contributed by atoms with van der Waals surface area (Å²) in [6, 6.07) is 2.35. The van der Waals surface area contributed by atoms with E-state index in [1.54, 1.807) is 0 Å². The Bertz CT molecular complexity index is 454. The number of hydrogen-bond donors (Lipinski definition) is 2. The molecule has 17 heavy (non-hydrogen) atoms. The molecule has 1 aliphatic rings. The number of aromatic nitrogens is 1. The molecule has 1 aromatic heterocycles. The lowest BCUT2D eigenvalue weighted by atomic mass is 10.1. The number of primary amides is 1. The maximum Gasteiger partial charge on any atom is 0.252 e. The van der Waals surface area contributed by atoms with Gasteiger partial charge in [0, 0.05) is 25.8 Å². The van der Waals surface area contributed by atoms with Gasteiger partial charge < -0.3 is 16.0 Å². The quantitative estimate of drug-likeness (QED) is 0.784. The van der Waals surface area contributed by atoms with Crippen LogP contribution in [0.25, 0.3) is 0 Å². The highest BCUT2D eigenvalue weighted by Crippen LogP contribution is 2.25. The van der Waals surface area contributed by atoms with Crippen molar-refractivity contribution in [3.05, 3.63) is 23.0 Å². The molecule has 1 aliphatic heterocycles. The predicted octanol–water partition coefficient (Wildman–Crippen LogP) is 0.205.